The lowest BCUT2D eigenvalue weighted by molar-refractivity contribution is -0.122. The second-order valence-electron chi connectivity index (χ2n) is 6.23. The van der Waals surface area contributed by atoms with Crippen molar-refractivity contribution in [2.45, 2.75) is 13.5 Å². The number of likely N-dealkylation sites (N-methyl/N-ethyl adjacent to an activating group) is 1. The molecule has 2 amide bonds. The summed E-state index contributed by atoms with van der Waals surface area (Å²) in [6, 6.07) is 8.92. The van der Waals surface area contributed by atoms with Gasteiger partial charge in [0, 0.05) is 6.54 Å². The second-order valence-corrected chi connectivity index (χ2v) is 7.18. The molecule has 2 heterocycles. The van der Waals surface area contributed by atoms with Gasteiger partial charge in [-0.15, -0.1) is 0 Å². The van der Waals surface area contributed by atoms with Crippen LogP contribution in [0.15, 0.2) is 51.7 Å². The number of rotatable bonds is 8. The standard InChI is InChI=1S/C21H23N3O5S/c1-4-24-20(26)16(10-14-7-8-17(27-2)18(11-14)28-3)23-21(24)30-13-19(25)22-12-15-6-5-9-29-15/h5-11H,4,12-13H2,1-3H3,(H,22,25)/b16-10+. The van der Waals surface area contributed by atoms with E-state index in [2.05, 4.69) is 10.3 Å². The van der Waals surface area contributed by atoms with Crippen molar-refractivity contribution in [3.05, 3.63) is 53.6 Å². The highest BCUT2D eigenvalue weighted by molar-refractivity contribution is 8.14. The molecular formula is C21H23N3O5S. The molecule has 0 spiro atoms. The SMILES string of the molecule is CCN1C(=O)/C(=C\c2ccc(OC)c(OC)c2)N=C1SCC(=O)NCc1ccco1. The van der Waals surface area contributed by atoms with Crippen LogP contribution < -0.4 is 14.8 Å². The van der Waals surface area contributed by atoms with Crippen LogP contribution in [-0.2, 0) is 16.1 Å². The normalized spacial score (nSPS) is 14.8. The van der Waals surface area contributed by atoms with E-state index in [9.17, 15) is 9.59 Å². The van der Waals surface area contributed by atoms with Crippen LogP contribution in [0.2, 0.25) is 0 Å². The number of hydrogen-bond donors (Lipinski definition) is 1. The fourth-order valence-electron chi connectivity index (χ4n) is 2.80. The van der Waals surface area contributed by atoms with Crippen molar-refractivity contribution in [2.75, 3.05) is 26.5 Å². The van der Waals surface area contributed by atoms with Crippen LogP contribution >= 0.6 is 11.8 Å². The first kappa shape index (κ1) is 21.5. The van der Waals surface area contributed by atoms with Crippen molar-refractivity contribution in [1.29, 1.82) is 0 Å². The van der Waals surface area contributed by atoms with Gasteiger partial charge in [0.2, 0.25) is 5.91 Å². The minimum Gasteiger partial charge on any atom is -0.493 e. The Morgan fingerprint density at radius 1 is 1.27 bits per heavy atom. The minimum atomic E-state index is -0.203. The summed E-state index contributed by atoms with van der Waals surface area (Å²) in [5.41, 5.74) is 1.07. The Balaban J connectivity index is 1.68. The van der Waals surface area contributed by atoms with Crippen LogP contribution in [0, 0.1) is 0 Å². The summed E-state index contributed by atoms with van der Waals surface area (Å²) in [5.74, 6) is 1.62. The van der Waals surface area contributed by atoms with E-state index in [0.717, 1.165) is 5.56 Å². The lowest BCUT2D eigenvalue weighted by Gasteiger charge is -2.14. The van der Waals surface area contributed by atoms with Gasteiger partial charge in [-0.1, -0.05) is 17.8 Å². The lowest BCUT2D eigenvalue weighted by Crippen LogP contribution is -2.32. The molecule has 0 fully saturated rings. The fourth-order valence-corrected chi connectivity index (χ4v) is 3.69. The zero-order chi connectivity index (χ0) is 21.5. The Labute approximate surface area is 178 Å². The highest BCUT2D eigenvalue weighted by Crippen LogP contribution is 2.30. The third-order valence-corrected chi connectivity index (χ3v) is 5.29. The molecule has 8 nitrogen and oxygen atoms in total. The number of furan rings is 1. The fraction of sp³-hybridized carbons (Fsp3) is 0.286. The molecule has 0 unspecified atom stereocenters. The van der Waals surface area contributed by atoms with E-state index in [1.54, 1.807) is 55.7 Å². The van der Waals surface area contributed by atoms with Gasteiger partial charge < -0.3 is 19.2 Å². The summed E-state index contributed by atoms with van der Waals surface area (Å²) < 4.78 is 15.7. The van der Waals surface area contributed by atoms with Crippen molar-refractivity contribution >= 4 is 34.8 Å². The van der Waals surface area contributed by atoms with Crippen LogP contribution in [0.1, 0.15) is 18.2 Å². The Morgan fingerprint density at radius 2 is 2.07 bits per heavy atom. The van der Waals surface area contributed by atoms with Gasteiger partial charge in [-0.05, 0) is 42.8 Å². The predicted octanol–water partition coefficient (Wildman–Crippen LogP) is 2.91. The number of aliphatic imine (C=N–C) groups is 1. The number of ether oxygens (including phenoxy) is 2. The average molecular weight is 429 g/mol. The summed E-state index contributed by atoms with van der Waals surface area (Å²) in [5, 5.41) is 3.28. The van der Waals surface area contributed by atoms with Gasteiger partial charge in [0.25, 0.3) is 5.91 Å². The van der Waals surface area contributed by atoms with Crippen LogP contribution in [0.5, 0.6) is 11.5 Å². The molecule has 30 heavy (non-hydrogen) atoms. The Morgan fingerprint density at radius 3 is 2.73 bits per heavy atom. The number of amides is 2. The average Bonchev–Trinajstić information content (AvgIpc) is 3.38. The molecule has 0 aliphatic carbocycles. The van der Waals surface area contributed by atoms with E-state index in [0.29, 0.717) is 41.2 Å². The van der Waals surface area contributed by atoms with Crippen molar-refractivity contribution in [2.24, 2.45) is 4.99 Å². The third kappa shape index (κ3) is 5.04. The molecule has 2 aromatic rings. The van der Waals surface area contributed by atoms with E-state index >= 15 is 0 Å². The molecule has 1 N–H and O–H groups in total. The van der Waals surface area contributed by atoms with Gasteiger partial charge in [0.15, 0.2) is 16.7 Å². The van der Waals surface area contributed by atoms with Crippen LogP contribution in [0.25, 0.3) is 6.08 Å². The van der Waals surface area contributed by atoms with Crippen LogP contribution in [-0.4, -0.2) is 48.4 Å². The lowest BCUT2D eigenvalue weighted by atomic mass is 10.1. The van der Waals surface area contributed by atoms with Gasteiger partial charge in [-0.2, -0.15) is 0 Å². The van der Waals surface area contributed by atoms with Gasteiger partial charge in [0.05, 0.1) is 32.8 Å². The molecule has 1 aromatic heterocycles. The van der Waals surface area contributed by atoms with E-state index in [-0.39, 0.29) is 17.6 Å². The van der Waals surface area contributed by atoms with Crippen LogP contribution in [0.4, 0.5) is 0 Å². The van der Waals surface area contributed by atoms with E-state index < -0.39 is 0 Å². The maximum atomic E-state index is 12.7. The Kier molecular flexibility index (Phi) is 7.18. The molecule has 1 aliphatic rings. The van der Waals surface area contributed by atoms with Crippen molar-refractivity contribution in [3.8, 4) is 11.5 Å². The molecule has 1 aromatic carbocycles. The summed E-state index contributed by atoms with van der Waals surface area (Å²) in [4.78, 5) is 30.8. The molecule has 9 heteroatoms. The van der Waals surface area contributed by atoms with Gasteiger partial charge >= 0.3 is 0 Å². The smallest absolute Gasteiger partial charge is 0.278 e. The zero-order valence-corrected chi connectivity index (χ0v) is 17.8. The number of thioether (sulfide) groups is 1. The maximum Gasteiger partial charge on any atom is 0.278 e. The first-order chi connectivity index (χ1) is 14.5. The van der Waals surface area contributed by atoms with Crippen molar-refractivity contribution < 1.29 is 23.5 Å². The molecule has 3 rings (SSSR count). The number of nitrogens with zero attached hydrogens (tertiary/aromatic N) is 2. The summed E-state index contributed by atoms with van der Waals surface area (Å²) in [6.07, 6.45) is 3.25. The predicted molar refractivity (Wildman–Crippen MR) is 115 cm³/mol. The third-order valence-electron chi connectivity index (χ3n) is 4.31. The highest BCUT2D eigenvalue weighted by Gasteiger charge is 2.29. The van der Waals surface area contributed by atoms with E-state index in [4.69, 9.17) is 13.9 Å². The quantitative estimate of drug-likeness (QED) is 0.649. The number of benzene rings is 1. The van der Waals surface area contributed by atoms with Gasteiger partial charge in [-0.25, -0.2) is 4.99 Å². The Bertz CT molecular complexity index is 969. The molecule has 158 valence electrons. The molecule has 0 saturated heterocycles. The van der Waals surface area contributed by atoms with Crippen molar-refractivity contribution in [3.63, 3.8) is 0 Å². The van der Waals surface area contributed by atoms with Gasteiger partial charge in [-0.3, -0.25) is 14.5 Å². The van der Waals surface area contributed by atoms with Crippen LogP contribution in [0.3, 0.4) is 0 Å². The molecule has 0 radical (unpaired) electrons. The Hall–Kier alpha value is -3.20. The first-order valence-corrected chi connectivity index (χ1v) is 10.3. The number of amidine groups is 1. The van der Waals surface area contributed by atoms with Crippen molar-refractivity contribution in [1.82, 2.24) is 10.2 Å². The molecule has 1 aliphatic heterocycles. The molecule has 0 saturated carbocycles. The molecule has 0 atom stereocenters. The number of carbonyl (C=O) groups is 2. The summed E-state index contributed by atoms with van der Waals surface area (Å²) in [6.45, 7) is 2.64. The minimum absolute atomic E-state index is 0.146. The number of carbonyl (C=O) groups excluding carboxylic acids is 2. The molecule has 0 bridgehead atoms. The number of nitrogens with one attached hydrogen (secondary N) is 1. The van der Waals surface area contributed by atoms with E-state index in [1.165, 1.54) is 11.8 Å². The second kappa shape index (κ2) is 10.0. The largest absolute Gasteiger partial charge is 0.493 e. The monoisotopic (exact) mass is 429 g/mol. The number of hydrogen-bond acceptors (Lipinski definition) is 7. The zero-order valence-electron chi connectivity index (χ0n) is 17.0. The molecular weight excluding hydrogens is 406 g/mol. The first-order valence-electron chi connectivity index (χ1n) is 9.31. The number of methoxy groups -OCH3 is 2. The topological polar surface area (TPSA) is 93.4 Å². The van der Waals surface area contributed by atoms with Gasteiger partial charge in [0.1, 0.15) is 11.5 Å². The summed E-state index contributed by atoms with van der Waals surface area (Å²) in [7, 11) is 3.12. The summed E-state index contributed by atoms with van der Waals surface area (Å²) >= 11 is 1.22. The van der Waals surface area contributed by atoms with E-state index in [1.807, 2.05) is 13.0 Å². The maximum absolute atomic E-state index is 12.7. The highest BCUT2D eigenvalue weighted by atomic mass is 32.2.